The van der Waals surface area contributed by atoms with Gasteiger partial charge in [0.1, 0.15) is 17.6 Å². The Labute approximate surface area is 236 Å². The van der Waals surface area contributed by atoms with Crippen molar-refractivity contribution < 1.29 is 28.5 Å². The standard InChI is InChI=1S/C31H42FN3O5/c1-38-27-18-22(34-30-24(27)8-6-12-33-30)7-4-3-5-14-40-23-11-13-35(19-23)28(31(36)37)25-16-21(15-20-9-10-20)17-26(32)29(25)39-2/h16-18,20,23,28H,3-15,19H2,1-2H3,(H,33,34)(H,36,37)/t23-,28+/m1/s1. The minimum Gasteiger partial charge on any atom is -0.496 e. The Hall–Kier alpha value is -2.91. The number of aryl methyl sites for hydroxylation is 1. The number of hydrogen-bond acceptors (Lipinski definition) is 7. The van der Waals surface area contributed by atoms with Crippen LogP contribution in [0.1, 0.15) is 73.4 Å². The number of carboxylic acid groups (broad SMARTS) is 1. The number of pyridine rings is 1. The number of likely N-dealkylation sites (tertiary alicyclic amines) is 1. The predicted octanol–water partition coefficient (Wildman–Crippen LogP) is 5.18. The number of anilines is 1. The third-order valence-electron chi connectivity index (χ3n) is 8.31. The van der Waals surface area contributed by atoms with Crippen LogP contribution in [0, 0.1) is 11.7 Å². The first kappa shape index (κ1) is 28.6. The molecule has 3 aliphatic rings. The third kappa shape index (κ3) is 6.86. The molecule has 0 radical (unpaired) electrons. The van der Waals surface area contributed by atoms with Crippen molar-refractivity contribution in [1.82, 2.24) is 9.88 Å². The lowest BCUT2D eigenvalue weighted by atomic mass is 9.98. The number of ether oxygens (including phenoxy) is 3. The maximum absolute atomic E-state index is 14.9. The lowest BCUT2D eigenvalue weighted by Crippen LogP contribution is -2.34. The van der Waals surface area contributed by atoms with Gasteiger partial charge in [-0.3, -0.25) is 9.69 Å². The van der Waals surface area contributed by atoms with Gasteiger partial charge in [0.15, 0.2) is 11.6 Å². The molecule has 0 bridgehead atoms. The van der Waals surface area contributed by atoms with Gasteiger partial charge < -0.3 is 24.6 Å². The molecule has 1 aliphatic carbocycles. The molecule has 1 aromatic heterocycles. The van der Waals surface area contributed by atoms with Crippen LogP contribution in [-0.2, 0) is 28.8 Å². The van der Waals surface area contributed by atoms with E-state index in [-0.39, 0.29) is 11.9 Å². The Morgan fingerprint density at radius 2 is 2.02 bits per heavy atom. The predicted molar refractivity (Wildman–Crippen MR) is 151 cm³/mol. The van der Waals surface area contributed by atoms with E-state index in [4.69, 9.17) is 19.2 Å². The molecule has 1 saturated heterocycles. The number of nitrogens with zero attached hydrogens (tertiary/aromatic N) is 2. The van der Waals surface area contributed by atoms with E-state index in [2.05, 4.69) is 11.4 Å². The Bertz CT molecular complexity index is 1170. The summed E-state index contributed by atoms with van der Waals surface area (Å²) in [5.74, 6) is 1.000. The number of benzene rings is 1. The average Bonchev–Trinajstić information content (AvgIpc) is 3.64. The van der Waals surface area contributed by atoms with Gasteiger partial charge in [0.2, 0.25) is 0 Å². The van der Waals surface area contributed by atoms with Crippen LogP contribution in [0.3, 0.4) is 0 Å². The van der Waals surface area contributed by atoms with Crippen LogP contribution in [-0.4, -0.2) is 67.5 Å². The number of aliphatic carboxylic acids is 1. The molecule has 40 heavy (non-hydrogen) atoms. The summed E-state index contributed by atoms with van der Waals surface area (Å²) >= 11 is 0. The van der Waals surface area contributed by atoms with Crippen molar-refractivity contribution >= 4 is 11.8 Å². The molecule has 218 valence electrons. The number of hydrogen-bond donors (Lipinski definition) is 2. The summed E-state index contributed by atoms with van der Waals surface area (Å²) in [7, 11) is 3.11. The second-order valence-electron chi connectivity index (χ2n) is 11.3. The maximum Gasteiger partial charge on any atom is 0.325 e. The molecule has 0 amide bonds. The van der Waals surface area contributed by atoms with Crippen molar-refractivity contribution in [3.05, 3.63) is 46.4 Å². The zero-order valence-corrected chi connectivity index (χ0v) is 23.7. The molecule has 2 atom stereocenters. The summed E-state index contributed by atoms with van der Waals surface area (Å²) in [5, 5.41) is 13.6. The number of carboxylic acids is 1. The highest BCUT2D eigenvalue weighted by Crippen LogP contribution is 2.38. The van der Waals surface area contributed by atoms with E-state index in [1.165, 1.54) is 18.7 Å². The molecule has 2 aliphatic heterocycles. The normalized spacial score (nSPS) is 19.6. The Morgan fingerprint density at radius 1 is 1.18 bits per heavy atom. The molecule has 3 heterocycles. The van der Waals surface area contributed by atoms with Crippen molar-refractivity contribution in [2.75, 3.05) is 45.8 Å². The first-order chi connectivity index (χ1) is 19.5. The van der Waals surface area contributed by atoms with Crippen LogP contribution >= 0.6 is 0 Å². The van der Waals surface area contributed by atoms with Crippen LogP contribution in [0.4, 0.5) is 10.2 Å². The summed E-state index contributed by atoms with van der Waals surface area (Å²) in [6, 6.07) is 4.42. The first-order valence-electron chi connectivity index (χ1n) is 14.7. The molecule has 2 fully saturated rings. The largest absolute Gasteiger partial charge is 0.496 e. The van der Waals surface area contributed by atoms with Gasteiger partial charge in [0.25, 0.3) is 0 Å². The number of fused-ring (bicyclic) bond motifs is 1. The topological polar surface area (TPSA) is 93.2 Å². The summed E-state index contributed by atoms with van der Waals surface area (Å²) in [5.41, 5.74) is 3.46. The molecule has 1 aromatic carbocycles. The Morgan fingerprint density at radius 3 is 2.77 bits per heavy atom. The molecule has 2 N–H and O–H groups in total. The van der Waals surface area contributed by atoms with E-state index >= 15 is 0 Å². The van der Waals surface area contributed by atoms with Gasteiger partial charge in [-0.2, -0.15) is 0 Å². The lowest BCUT2D eigenvalue weighted by molar-refractivity contribution is -0.143. The van der Waals surface area contributed by atoms with E-state index in [9.17, 15) is 14.3 Å². The first-order valence-corrected chi connectivity index (χ1v) is 14.7. The number of rotatable bonds is 14. The molecule has 1 saturated carbocycles. The van der Waals surface area contributed by atoms with Gasteiger partial charge in [0.05, 0.1) is 20.3 Å². The van der Waals surface area contributed by atoms with E-state index in [1.54, 1.807) is 7.11 Å². The Balaban J connectivity index is 1.10. The smallest absolute Gasteiger partial charge is 0.325 e. The molecule has 9 heteroatoms. The van der Waals surface area contributed by atoms with Gasteiger partial charge in [-0.25, -0.2) is 9.37 Å². The second kappa shape index (κ2) is 13.2. The van der Waals surface area contributed by atoms with Gasteiger partial charge >= 0.3 is 5.97 Å². The highest BCUT2D eigenvalue weighted by molar-refractivity contribution is 5.77. The monoisotopic (exact) mass is 555 g/mol. The minimum atomic E-state index is -0.996. The summed E-state index contributed by atoms with van der Waals surface area (Å²) in [6.07, 6.45) is 9.74. The minimum absolute atomic E-state index is 0.0260. The number of carbonyl (C=O) groups is 1. The zero-order chi connectivity index (χ0) is 28.1. The van der Waals surface area contributed by atoms with Crippen LogP contribution < -0.4 is 14.8 Å². The van der Waals surface area contributed by atoms with Crippen molar-refractivity contribution in [2.45, 2.75) is 76.4 Å². The highest BCUT2D eigenvalue weighted by atomic mass is 19.1. The Kier molecular flexibility index (Phi) is 9.42. The van der Waals surface area contributed by atoms with Gasteiger partial charge in [-0.15, -0.1) is 0 Å². The SMILES string of the molecule is COc1cc(CCCCCO[C@@H]2CCN([C@H](C(=O)O)c3cc(CC4CC4)cc(F)c3OC)C2)nc2c1CCCN2. The number of halogens is 1. The summed E-state index contributed by atoms with van der Waals surface area (Å²) in [4.78, 5) is 19.1. The van der Waals surface area contributed by atoms with Crippen molar-refractivity contribution in [3.63, 3.8) is 0 Å². The lowest BCUT2D eigenvalue weighted by Gasteiger charge is -2.26. The fourth-order valence-corrected chi connectivity index (χ4v) is 6.08. The molecule has 0 spiro atoms. The molecular formula is C31H42FN3O5. The molecule has 5 rings (SSSR count). The highest BCUT2D eigenvalue weighted by Gasteiger charge is 2.37. The van der Waals surface area contributed by atoms with Crippen LogP contribution in [0.15, 0.2) is 18.2 Å². The summed E-state index contributed by atoms with van der Waals surface area (Å²) in [6.45, 7) is 2.67. The number of aromatic nitrogens is 1. The van der Waals surface area contributed by atoms with E-state index in [0.717, 1.165) is 93.6 Å². The summed E-state index contributed by atoms with van der Waals surface area (Å²) < 4.78 is 32.0. The molecule has 0 unspecified atom stereocenters. The van der Waals surface area contributed by atoms with Crippen molar-refractivity contribution in [1.29, 1.82) is 0 Å². The molecular weight excluding hydrogens is 513 g/mol. The third-order valence-corrected chi connectivity index (χ3v) is 8.31. The average molecular weight is 556 g/mol. The van der Waals surface area contributed by atoms with E-state index in [0.29, 0.717) is 31.2 Å². The second-order valence-corrected chi connectivity index (χ2v) is 11.3. The van der Waals surface area contributed by atoms with Gasteiger partial charge in [-0.1, -0.05) is 6.42 Å². The van der Waals surface area contributed by atoms with Crippen LogP contribution in [0.25, 0.3) is 0 Å². The quantitative estimate of drug-likeness (QED) is 0.308. The number of methoxy groups -OCH3 is 2. The van der Waals surface area contributed by atoms with Crippen LogP contribution in [0.5, 0.6) is 11.5 Å². The van der Waals surface area contributed by atoms with Crippen LogP contribution in [0.2, 0.25) is 0 Å². The van der Waals surface area contributed by atoms with Crippen molar-refractivity contribution in [2.24, 2.45) is 5.92 Å². The van der Waals surface area contributed by atoms with E-state index in [1.807, 2.05) is 11.0 Å². The van der Waals surface area contributed by atoms with Crippen molar-refractivity contribution in [3.8, 4) is 11.5 Å². The molecule has 8 nitrogen and oxygen atoms in total. The van der Waals surface area contributed by atoms with Gasteiger partial charge in [0, 0.05) is 49.1 Å². The fraction of sp³-hybridized carbons (Fsp3) is 0.613. The number of nitrogens with one attached hydrogen (secondary N) is 1. The zero-order valence-electron chi connectivity index (χ0n) is 23.7. The fourth-order valence-electron chi connectivity index (χ4n) is 6.08. The maximum atomic E-state index is 14.9. The molecule has 2 aromatic rings. The van der Waals surface area contributed by atoms with Gasteiger partial charge in [-0.05, 0) is 81.4 Å². The van der Waals surface area contributed by atoms with E-state index < -0.39 is 17.8 Å². The number of unbranched alkanes of at least 4 members (excludes halogenated alkanes) is 2.